The van der Waals surface area contributed by atoms with Gasteiger partial charge in [-0.25, -0.2) is 4.98 Å². The van der Waals surface area contributed by atoms with Crippen LogP contribution in [0.5, 0.6) is 0 Å². The van der Waals surface area contributed by atoms with E-state index in [1.807, 2.05) is 47.9 Å². The molecule has 7 nitrogen and oxygen atoms in total. The minimum Gasteiger partial charge on any atom is -0.325 e. The van der Waals surface area contributed by atoms with Crippen molar-refractivity contribution < 1.29 is 14.4 Å². The number of fused-ring (bicyclic) bond motifs is 1. The summed E-state index contributed by atoms with van der Waals surface area (Å²) in [6.07, 6.45) is 0.739. The Morgan fingerprint density at radius 1 is 1.14 bits per heavy atom. The van der Waals surface area contributed by atoms with E-state index in [0.29, 0.717) is 5.69 Å². The van der Waals surface area contributed by atoms with E-state index in [9.17, 15) is 14.4 Å². The number of imidazole rings is 1. The van der Waals surface area contributed by atoms with E-state index in [-0.39, 0.29) is 35.9 Å². The molecule has 4 rings (SSSR count). The third-order valence-electron chi connectivity index (χ3n) is 4.77. The summed E-state index contributed by atoms with van der Waals surface area (Å²) < 4.78 is 1.93. The molecule has 29 heavy (non-hydrogen) atoms. The average molecular weight is 408 g/mol. The highest BCUT2D eigenvalue weighted by Crippen LogP contribution is 2.22. The zero-order chi connectivity index (χ0) is 20.4. The Morgan fingerprint density at radius 3 is 2.59 bits per heavy atom. The van der Waals surface area contributed by atoms with Crippen LogP contribution in [0.25, 0.3) is 11.0 Å². The lowest BCUT2D eigenvalue weighted by Crippen LogP contribution is -2.27. The first-order valence-electron chi connectivity index (χ1n) is 9.35. The summed E-state index contributed by atoms with van der Waals surface area (Å²) in [6, 6.07) is 14.9. The molecule has 8 heteroatoms. The minimum absolute atomic E-state index is 0.142. The minimum atomic E-state index is -0.216. The lowest BCUT2D eigenvalue weighted by molar-refractivity contribution is -0.125. The molecular weight excluding hydrogens is 388 g/mol. The number of hydrogen-bond acceptors (Lipinski definition) is 5. The SMILES string of the molecule is CCc1nc2ccccc2n1CC(=O)Nc1ccc(CN2C(=O)CSC2=O)cc1. The van der Waals surface area contributed by atoms with Crippen LogP contribution in [0, 0.1) is 0 Å². The van der Waals surface area contributed by atoms with Crippen molar-refractivity contribution in [2.75, 3.05) is 11.1 Å². The van der Waals surface area contributed by atoms with Crippen LogP contribution in [-0.2, 0) is 29.1 Å². The van der Waals surface area contributed by atoms with Crippen molar-refractivity contribution in [2.24, 2.45) is 0 Å². The number of amides is 3. The van der Waals surface area contributed by atoms with Crippen molar-refractivity contribution in [3.8, 4) is 0 Å². The Hall–Kier alpha value is -3.13. The summed E-state index contributed by atoms with van der Waals surface area (Å²) in [4.78, 5) is 41.8. The van der Waals surface area contributed by atoms with Crippen molar-refractivity contribution in [1.29, 1.82) is 0 Å². The van der Waals surface area contributed by atoms with Crippen LogP contribution in [0.1, 0.15) is 18.3 Å². The van der Waals surface area contributed by atoms with Crippen molar-refractivity contribution in [3.05, 3.63) is 59.9 Å². The van der Waals surface area contributed by atoms with Crippen LogP contribution in [-0.4, -0.2) is 37.3 Å². The second kappa shape index (κ2) is 8.08. The number of nitrogens with one attached hydrogen (secondary N) is 1. The molecule has 0 radical (unpaired) electrons. The number of carbonyl (C=O) groups excluding carboxylic acids is 3. The van der Waals surface area contributed by atoms with E-state index >= 15 is 0 Å². The molecule has 0 unspecified atom stereocenters. The highest BCUT2D eigenvalue weighted by Gasteiger charge is 2.29. The molecule has 1 aromatic heterocycles. The van der Waals surface area contributed by atoms with Crippen LogP contribution >= 0.6 is 11.8 Å². The van der Waals surface area contributed by atoms with Crippen molar-refractivity contribution in [2.45, 2.75) is 26.4 Å². The molecule has 1 saturated heterocycles. The lowest BCUT2D eigenvalue weighted by atomic mass is 10.2. The van der Waals surface area contributed by atoms with Crippen LogP contribution in [0.4, 0.5) is 10.5 Å². The molecule has 1 N–H and O–H groups in total. The van der Waals surface area contributed by atoms with Crippen LogP contribution < -0.4 is 5.32 Å². The fourth-order valence-electron chi connectivity index (χ4n) is 3.33. The number of nitrogens with zero attached hydrogens (tertiary/aromatic N) is 3. The van der Waals surface area contributed by atoms with Gasteiger partial charge >= 0.3 is 0 Å². The van der Waals surface area contributed by atoms with Gasteiger partial charge in [0, 0.05) is 12.1 Å². The molecule has 148 valence electrons. The van der Waals surface area contributed by atoms with E-state index in [1.54, 1.807) is 12.1 Å². The Balaban J connectivity index is 1.43. The molecule has 3 aromatic rings. The van der Waals surface area contributed by atoms with Crippen LogP contribution in [0.2, 0.25) is 0 Å². The zero-order valence-electron chi connectivity index (χ0n) is 15.9. The molecule has 0 atom stereocenters. The molecular formula is C21H20N4O3S. The predicted octanol–water partition coefficient (Wildman–Crippen LogP) is 3.43. The Labute approximate surface area is 172 Å². The smallest absolute Gasteiger partial charge is 0.289 e. The molecule has 2 heterocycles. The highest BCUT2D eigenvalue weighted by molar-refractivity contribution is 8.14. The number of imide groups is 1. The van der Waals surface area contributed by atoms with Gasteiger partial charge in [-0.3, -0.25) is 19.3 Å². The second-order valence-corrected chi connectivity index (χ2v) is 7.66. The monoisotopic (exact) mass is 408 g/mol. The van der Waals surface area contributed by atoms with Gasteiger partial charge in [-0.2, -0.15) is 0 Å². The number of thioether (sulfide) groups is 1. The van der Waals surface area contributed by atoms with Gasteiger partial charge in [0.25, 0.3) is 5.24 Å². The van der Waals surface area contributed by atoms with E-state index in [2.05, 4.69) is 10.3 Å². The first-order chi connectivity index (χ1) is 14.0. The van der Waals surface area contributed by atoms with Gasteiger partial charge in [-0.1, -0.05) is 43.0 Å². The number of rotatable bonds is 6. The highest BCUT2D eigenvalue weighted by atomic mass is 32.2. The molecule has 0 bridgehead atoms. The molecule has 1 aliphatic heterocycles. The summed E-state index contributed by atoms with van der Waals surface area (Å²) in [6.45, 7) is 2.45. The molecule has 1 aliphatic rings. The van der Waals surface area contributed by atoms with Crippen molar-refractivity contribution in [3.63, 3.8) is 0 Å². The zero-order valence-corrected chi connectivity index (χ0v) is 16.7. The quantitative estimate of drug-likeness (QED) is 0.676. The fourth-order valence-corrected chi connectivity index (χ4v) is 4.05. The third kappa shape index (κ3) is 4.02. The number of para-hydroxylation sites is 2. The van der Waals surface area contributed by atoms with Gasteiger partial charge in [0.15, 0.2) is 0 Å². The first kappa shape index (κ1) is 19.2. The summed E-state index contributed by atoms with van der Waals surface area (Å²) in [5, 5.41) is 2.68. The van der Waals surface area contributed by atoms with Gasteiger partial charge in [0.1, 0.15) is 12.4 Å². The number of hydrogen-bond donors (Lipinski definition) is 1. The lowest BCUT2D eigenvalue weighted by Gasteiger charge is -2.13. The molecule has 2 aromatic carbocycles. The largest absolute Gasteiger partial charge is 0.325 e. The van der Waals surface area contributed by atoms with E-state index < -0.39 is 0 Å². The van der Waals surface area contributed by atoms with Crippen molar-refractivity contribution in [1.82, 2.24) is 14.5 Å². The van der Waals surface area contributed by atoms with Gasteiger partial charge in [0.05, 0.1) is 23.3 Å². The first-order valence-corrected chi connectivity index (χ1v) is 10.3. The van der Waals surface area contributed by atoms with Crippen LogP contribution in [0.15, 0.2) is 48.5 Å². The second-order valence-electron chi connectivity index (χ2n) is 6.74. The molecule has 3 amide bonds. The normalized spacial score (nSPS) is 14.0. The van der Waals surface area contributed by atoms with E-state index in [4.69, 9.17) is 0 Å². The standard InChI is InChI=1S/C21H20N4O3S/c1-2-18-23-16-5-3-4-6-17(16)24(18)12-19(26)22-15-9-7-14(8-10-15)11-25-20(27)13-29-21(25)28/h3-10H,2,11-13H2,1H3,(H,22,26). The van der Waals surface area contributed by atoms with E-state index in [0.717, 1.165) is 40.6 Å². The average Bonchev–Trinajstić information content (AvgIpc) is 3.24. The molecule has 0 spiro atoms. The summed E-state index contributed by atoms with van der Waals surface area (Å²) >= 11 is 1.02. The number of anilines is 1. The molecule has 0 saturated carbocycles. The maximum atomic E-state index is 12.6. The van der Waals surface area contributed by atoms with Gasteiger partial charge in [0.2, 0.25) is 11.8 Å². The maximum Gasteiger partial charge on any atom is 0.289 e. The predicted molar refractivity (Wildman–Crippen MR) is 113 cm³/mol. The van der Waals surface area contributed by atoms with Crippen molar-refractivity contribution >= 4 is 45.5 Å². The number of benzene rings is 2. The maximum absolute atomic E-state index is 12.6. The van der Waals surface area contributed by atoms with Gasteiger partial charge in [-0.15, -0.1) is 0 Å². The topological polar surface area (TPSA) is 84.3 Å². The number of aromatic nitrogens is 2. The van der Waals surface area contributed by atoms with Crippen LogP contribution in [0.3, 0.4) is 0 Å². The fraction of sp³-hybridized carbons (Fsp3) is 0.238. The van der Waals surface area contributed by atoms with Gasteiger partial charge in [-0.05, 0) is 29.8 Å². The molecule has 1 fully saturated rings. The third-order valence-corrected chi connectivity index (χ3v) is 5.63. The van der Waals surface area contributed by atoms with Gasteiger partial charge < -0.3 is 9.88 Å². The molecule has 0 aliphatic carbocycles. The Bertz CT molecular complexity index is 1080. The number of aryl methyl sites for hydroxylation is 1. The summed E-state index contributed by atoms with van der Waals surface area (Å²) in [5.41, 5.74) is 3.31. The Morgan fingerprint density at radius 2 is 1.90 bits per heavy atom. The summed E-state index contributed by atoms with van der Waals surface area (Å²) in [7, 11) is 0. The summed E-state index contributed by atoms with van der Waals surface area (Å²) in [5.74, 6) is 0.762. The Kier molecular flexibility index (Phi) is 5.35. The number of carbonyl (C=O) groups is 3. The van der Waals surface area contributed by atoms with E-state index in [1.165, 1.54) is 4.90 Å².